The summed E-state index contributed by atoms with van der Waals surface area (Å²) in [6.07, 6.45) is -3.31. The number of carboxylic acids is 1. The average Bonchev–Trinajstić information content (AvgIpc) is 3.19. The molecule has 5 rings (SSSR count). The van der Waals surface area contributed by atoms with E-state index in [2.05, 4.69) is 29.4 Å². The third kappa shape index (κ3) is 7.19. The van der Waals surface area contributed by atoms with Gasteiger partial charge in [0.1, 0.15) is 11.9 Å². The molecule has 2 fully saturated rings. The van der Waals surface area contributed by atoms with Crippen LogP contribution in [-0.2, 0) is 20.9 Å². The van der Waals surface area contributed by atoms with E-state index < -0.39 is 47.6 Å². The molecule has 2 aromatic carbocycles. The van der Waals surface area contributed by atoms with Crippen LogP contribution in [0.4, 0.5) is 23.2 Å². The lowest BCUT2D eigenvalue weighted by atomic mass is 9.94. The minimum absolute atomic E-state index is 0.0179. The predicted molar refractivity (Wildman–Crippen MR) is 144 cm³/mol. The molecule has 2 aromatic rings. The first-order valence-corrected chi connectivity index (χ1v) is 13.6. The number of halogens is 4. The zero-order valence-electron chi connectivity index (χ0n) is 23.2. The van der Waals surface area contributed by atoms with Crippen molar-refractivity contribution in [3.63, 3.8) is 0 Å². The number of hydrogen-bond acceptors (Lipinski definition) is 7. The van der Waals surface area contributed by atoms with Gasteiger partial charge in [-0.25, -0.2) is 9.18 Å². The Hall–Kier alpha value is -4.33. The zero-order chi connectivity index (χ0) is 31.5. The van der Waals surface area contributed by atoms with Crippen LogP contribution in [0.3, 0.4) is 0 Å². The molecule has 1 atom stereocenters. The van der Waals surface area contributed by atoms with E-state index in [1.54, 1.807) is 0 Å². The minimum atomic E-state index is -5.08. The van der Waals surface area contributed by atoms with Gasteiger partial charge in [0.2, 0.25) is 11.8 Å². The highest BCUT2D eigenvalue weighted by Crippen LogP contribution is 2.37. The molecular formula is C29H30F4N4O6. The molecule has 230 valence electrons. The number of piperidine rings is 2. The first-order chi connectivity index (χ1) is 20.3. The van der Waals surface area contributed by atoms with Crippen molar-refractivity contribution in [3.8, 4) is 0 Å². The van der Waals surface area contributed by atoms with Crippen LogP contribution in [0.2, 0.25) is 0 Å². The van der Waals surface area contributed by atoms with E-state index in [-0.39, 0.29) is 29.7 Å². The van der Waals surface area contributed by atoms with Gasteiger partial charge in [-0.3, -0.25) is 29.4 Å². The number of anilines is 1. The Morgan fingerprint density at radius 1 is 1.00 bits per heavy atom. The lowest BCUT2D eigenvalue weighted by Gasteiger charge is -2.36. The lowest BCUT2D eigenvalue weighted by Crippen LogP contribution is -2.54. The Balaban J connectivity index is 0.000000541. The molecule has 2 saturated heterocycles. The molecule has 0 radical (unpaired) electrons. The number of nitrogens with zero attached hydrogens (tertiary/aromatic N) is 3. The number of nitrogens with one attached hydrogen (secondary N) is 1. The van der Waals surface area contributed by atoms with Crippen molar-refractivity contribution in [2.24, 2.45) is 5.92 Å². The zero-order valence-corrected chi connectivity index (χ0v) is 23.2. The van der Waals surface area contributed by atoms with E-state index in [1.807, 2.05) is 23.1 Å². The van der Waals surface area contributed by atoms with E-state index in [1.165, 1.54) is 17.7 Å². The van der Waals surface area contributed by atoms with Crippen molar-refractivity contribution in [1.82, 2.24) is 15.1 Å². The number of fused-ring (bicyclic) bond motifs is 1. The second-order valence-corrected chi connectivity index (χ2v) is 10.7. The number of benzene rings is 2. The van der Waals surface area contributed by atoms with Gasteiger partial charge in [-0.2, -0.15) is 13.2 Å². The molecule has 4 amide bonds. The van der Waals surface area contributed by atoms with E-state index in [0.29, 0.717) is 19.0 Å². The average molecular weight is 607 g/mol. The Labute approximate surface area is 244 Å². The quantitative estimate of drug-likeness (QED) is 0.379. The number of rotatable bonds is 6. The van der Waals surface area contributed by atoms with Crippen LogP contribution in [0.5, 0.6) is 0 Å². The van der Waals surface area contributed by atoms with Crippen LogP contribution in [-0.4, -0.2) is 83.4 Å². The van der Waals surface area contributed by atoms with Gasteiger partial charge < -0.3 is 14.9 Å². The smallest absolute Gasteiger partial charge is 0.475 e. The van der Waals surface area contributed by atoms with Gasteiger partial charge in [0, 0.05) is 32.6 Å². The second kappa shape index (κ2) is 12.9. The van der Waals surface area contributed by atoms with Gasteiger partial charge in [0.05, 0.1) is 16.8 Å². The van der Waals surface area contributed by atoms with E-state index in [9.17, 15) is 32.3 Å². The Morgan fingerprint density at radius 2 is 1.63 bits per heavy atom. The van der Waals surface area contributed by atoms with Crippen LogP contribution in [0.25, 0.3) is 0 Å². The van der Waals surface area contributed by atoms with Crippen LogP contribution in [0.1, 0.15) is 52.0 Å². The van der Waals surface area contributed by atoms with Crippen LogP contribution < -0.4 is 10.2 Å². The summed E-state index contributed by atoms with van der Waals surface area (Å²) >= 11 is 0. The molecule has 3 aliphatic rings. The third-order valence-corrected chi connectivity index (χ3v) is 7.57. The summed E-state index contributed by atoms with van der Waals surface area (Å²) in [5.41, 5.74) is 1.51. The Kier molecular flexibility index (Phi) is 9.48. The number of carbonyl (C=O) groups excluding carboxylic acids is 4. The first kappa shape index (κ1) is 31.6. The van der Waals surface area contributed by atoms with Crippen LogP contribution in [0, 0.1) is 11.7 Å². The molecule has 0 bridgehead atoms. The minimum Gasteiger partial charge on any atom is -0.475 e. The van der Waals surface area contributed by atoms with Crippen molar-refractivity contribution in [3.05, 3.63) is 65.0 Å². The number of hydrogen-bond donors (Lipinski definition) is 2. The SMILES string of the molecule is CN(Cc1ccccc1)CC1CCN(c2c(F)ccc3c2C(=O)N(C2CCC(=O)NC2=O)C3=O)CC1.O=C(O)C(F)(F)F. The molecule has 0 aromatic heterocycles. The topological polar surface area (TPSA) is 127 Å². The molecule has 43 heavy (non-hydrogen) atoms. The monoisotopic (exact) mass is 606 g/mol. The molecule has 3 aliphatic heterocycles. The summed E-state index contributed by atoms with van der Waals surface area (Å²) in [6, 6.07) is 11.7. The predicted octanol–water partition coefficient (Wildman–Crippen LogP) is 3.21. The first-order valence-electron chi connectivity index (χ1n) is 13.6. The van der Waals surface area contributed by atoms with Gasteiger partial charge in [-0.05, 0) is 49.9 Å². The third-order valence-electron chi connectivity index (χ3n) is 7.57. The summed E-state index contributed by atoms with van der Waals surface area (Å²) in [5.74, 6) is -5.29. The maximum Gasteiger partial charge on any atom is 0.490 e. The highest BCUT2D eigenvalue weighted by molar-refractivity contribution is 6.25. The van der Waals surface area contributed by atoms with Gasteiger partial charge in [-0.15, -0.1) is 0 Å². The summed E-state index contributed by atoms with van der Waals surface area (Å²) in [5, 5.41) is 9.31. The standard InChI is InChI=1S/C27H29FN4O4.C2HF3O2/c1-30(15-17-5-3-2-4-6-17)16-18-11-13-31(14-12-18)24-20(28)8-7-19-23(24)27(36)32(26(19)35)21-9-10-22(33)29-25(21)34;3-2(4,5)1(6)7/h2-8,18,21H,9-16H2,1H3,(H,29,33,34);(H,6,7). The summed E-state index contributed by atoms with van der Waals surface area (Å²) in [6.45, 7) is 2.90. The van der Waals surface area contributed by atoms with Crippen LogP contribution in [0.15, 0.2) is 42.5 Å². The molecule has 0 saturated carbocycles. The number of imide groups is 2. The number of alkyl halides is 3. The van der Waals surface area contributed by atoms with E-state index in [4.69, 9.17) is 9.90 Å². The lowest BCUT2D eigenvalue weighted by molar-refractivity contribution is -0.192. The fraction of sp³-hybridized carbons (Fsp3) is 0.414. The van der Waals surface area contributed by atoms with Crippen molar-refractivity contribution in [2.75, 3.05) is 31.6 Å². The largest absolute Gasteiger partial charge is 0.490 e. The van der Waals surface area contributed by atoms with E-state index in [0.717, 1.165) is 30.8 Å². The van der Waals surface area contributed by atoms with Crippen molar-refractivity contribution in [2.45, 2.75) is 44.4 Å². The number of carboxylic acid groups (broad SMARTS) is 1. The number of aliphatic carboxylic acids is 1. The van der Waals surface area contributed by atoms with E-state index >= 15 is 4.39 Å². The molecule has 3 heterocycles. The van der Waals surface area contributed by atoms with Crippen molar-refractivity contribution >= 4 is 35.3 Å². The molecule has 0 spiro atoms. The molecule has 2 N–H and O–H groups in total. The van der Waals surface area contributed by atoms with Gasteiger partial charge in [-0.1, -0.05) is 30.3 Å². The number of amides is 4. The van der Waals surface area contributed by atoms with Crippen molar-refractivity contribution < 1.29 is 46.6 Å². The van der Waals surface area contributed by atoms with Crippen LogP contribution >= 0.6 is 0 Å². The second-order valence-electron chi connectivity index (χ2n) is 10.7. The maximum absolute atomic E-state index is 15.1. The fourth-order valence-electron chi connectivity index (χ4n) is 5.56. The molecule has 1 unspecified atom stereocenters. The highest BCUT2D eigenvalue weighted by atomic mass is 19.4. The Bertz CT molecular complexity index is 1410. The molecule has 14 heteroatoms. The molecule has 10 nitrogen and oxygen atoms in total. The summed E-state index contributed by atoms with van der Waals surface area (Å²) < 4.78 is 46.9. The molecular weight excluding hydrogens is 576 g/mol. The summed E-state index contributed by atoms with van der Waals surface area (Å²) in [7, 11) is 2.09. The Morgan fingerprint density at radius 3 is 2.21 bits per heavy atom. The van der Waals surface area contributed by atoms with Gasteiger partial charge in [0.15, 0.2) is 0 Å². The summed E-state index contributed by atoms with van der Waals surface area (Å²) in [4.78, 5) is 64.3. The van der Waals surface area contributed by atoms with Crippen molar-refractivity contribution in [1.29, 1.82) is 0 Å². The maximum atomic E-state index is 15.1. The highest BCUT2D eigenvalue weighted by Gasteiger charge is 2.47. The van der Waals surface area contributed by atoms with Gasteiger partial charge in [0.25, 0.3) is 11.8 Å². The normalized spacial score (nSPS) is 19.3. The molecule has 0 aliphatic carbocycles. The number of carbonyl (C=O) groups is 5. The van der Waals surface area contributed by atoms with Gasteiger partial charge >= 0.3 is 12.1 Å². The fourth-order valence-corrected chi connectivity index (χ4v) is 5.56.